The van der Waals surface area contributed by atoms with E-state index in [1.54, 1.807) is 12.1 Å². The average Bonchev–Trinajstić information content (AvgIpc) is 2.61. The summed E-state index contributed by atoms with van der Waals surface area (Å²) in [6, 6.07) is 11.4. The number of amides is 1. The van der Waals surface area contributed by atoms with Gasteiger partial charge in [0, 0.05) is 23.4 Å². The van der Waals surface area contributed by atoms with Crippen LogP contribution in [0.3, 0.4) is 0 Å². The monoisotopic (exact) mass is 336 g/mol. The summed E-state index contributed by atoms with van der Waals surface area (Å²) in [5.74, 6) is -0.552. The molecule has 0 atom stereocenters. The first-order chi connectivity index (χ1) is 11.9. The number of nitrogens with two attached hydrogens (primary N) is 1. The maximum absolute atomic E-state index is 12.0. The van der Waals surface area contributed by atoms with Crippen LogP contribution in [0.25, 0.3) is 11.1 Å². The SMILES string of the molecule is CCCNC(=O)C(=N)C(=N)c1cccc(-c2cccc(C)c2C)c1N. The lowest BCUT2D eigenvalue weighted by Crippen LogP contribution is -2.36. The molecule has 0 heterocycles. The summed E-state index contributed by atoms with van der Waals surface area (Å²) < 4.78 is 0. The van der Waals surface area contributed by atoms with E-state index in [1.165, 1.54) is 0 Å². The lowest BCUT2D eigenvalue weighted by Gasteiger charge is -2.15. The van der Waals surface area contributed by atoms with E-state index in [-0.39, 0.29) is 11.4 Å². The molecule has 2 aromatic carbocycles. The zero-order chi connectivity index (χ0) is 18.6. The van der Waals surface area contributed by atoms with E-state index in [1.807, 2.05) is 45.0 Å². The number of nitrogen functional groups attached to an aromatic ring is 1. The fourth-order valence-electron chi connectivity index (χ4n) is 2.64. The highest BCUT2D eigenvalue weighted by atomic mass is 16.1. The fraction of sp³-hybridized carbons (Fsp3) is 0.250. The van der Waals surface area contributed by atoms with Crippen molar-refractivity contribution in [2.75, 3.05) is 12.3 Å². The second-order valence-corrected chi connectivity index (χ2v) is 6.02. The molecule has 2 aromatic rings. The Morgan fingerprint density at radius 3 is 2.40 bits per heavy atom. The first-order valence-electron chi connectivity index (χ1n) is 8.29. The van der Waals surface area contributed by atoms with E-state index in [0.29, 0.717) is 17.8 Å². The molecule has 5 heteroatoms. The zero-order valence-corrected chi connectivity index (χ0v) is 14.9. The number of anilines is 1. The molecule has 0 unspecified atom stereocenters. The largest absolute Gasteiger partial charge is 0.398 e. The number of benzene rings is 2. The highest BCUT2D eigenvalue weighted by Gasteiger charge is 2.20. The molecule has 2 rings (SSSR count). The quantitative estimate of drug-likeness (QED) is 0.479. The van der Waals surface area contributed by atoms with Crippen molar-refractivity contribution < 1.29 is 4.79 Å². The van der Waals surface area contributed by atoms with E-state index in [9.17, 15) is 4.79 Å². The molecule has 0 fully saturated rings. The molecule has 0 aliphatic heterocycles. The van der Waals surface area contributed by atoms with Gasteiger partial charge in [-0.05, 0) is 37.0 Å². The van der Waals surface area contributed by atoms with E-state index in [2.05, 4.69) is 5.32 Å². The minimum Gasteiger partial charge on any atom is -0.398 e. The van der Waals surface area contributed by atoms with Crippen LogP contribution in [0, 0.1) is 24.7 Å². The van der Waals surface area contributed by atoms with Gasteiger partial charge in [0.05, 0.1) is 5.71 Å². The summed E-state index contributed by atoms with van der Waals surface area (Å²) in [6.45, 7) is 6.48. The number of carbonyl (C=O) groups excluding carboxylic acids is 1. The molecule has 130 valence electrons. The van der Waals surface area contributed by atoms with Gasteiger partial charge in [-0.15, -0.1) is 0 Å². The Kier molecular flexibility index (Phi) is 5.70. The summed E-state index contributed by atoms with van der Waals surface area (Å²) in [6.07, 6.45) is 0.774. The van der Waals surface area contributed by atoms with Gasteiger partial charge < -0.3 is 11.1 Å². The average molecular weight is 336 g/mol. The number of nitrogens with one attached hydrogen (secondary N) is 3. The summed E-state index contributed by atoms with van der Waals surface area (Å²) in [5.41, 5.74) is 10.6. The summed E-state index contributed by atoms with van der Waals surface area (Å²) >= 11 is 0. The van der Waals surface area contributed by atoms with Gasteiger partial charge in [0.25, 0.3) is 5.91 Å². The van der Waals surface area contributed by atoms with E-state index < -0.39 is 5.91 Å². The van der Waals surface area contributed by atoms with Gasteiger partial charge in [-0.1, -0.05) is 43.3 Å². The van der Waals surface area contributed by atoms with Crippen LogP contribution < -0.4 is 11.1 Å². The smallest absolute Gasteiger partial charge is 0.271 e. The van der Waals surface area contributed by atoms with Gasteiger partial charge in [-0.3, -0.25) is 15.6 Å². The van der Waals surface area contributed by atoms with Crippen molar-refractivity contribution in [2.45, 2.75) is 27.2 Å². The third kappa shape index (κ3) is 3.76. The molecule has 0 saturated carbocycles. The number of rotatable bonds is 6. The standard InChI is InChI=1S/C20H24N4O/c1-4-11-24-20(25)19(23)18(22)16-10-6-9-15(17(16)21)14-8-5-7-12(2)13(14)3/h5-10,22-23H,4,11,21H2,1-3H3,(H,24,25). The van der Waals surface area contributed by atoms with E-state index in [0.717, 1.165) is 28.7 Å². The van der Waals surface area contributed by atoms with Crippen molar-refractivity contribution in [3.05, 3.63) is 53.1 Å². The Morgan fingerprint density at radius 1 is 1.08 bits per heavy atom. The Morgan fingerprint density at radius 2 is 1.72 bits per heavy atom. The number of aryl methyl sites for hydroxylation is 1. The molecule has 0 saturated heterocycles. The number of hydrogen-bond donors (Lipinski definition) is 4. The number of hydrogen-bond acceptors (Lipinski definition) is 4. The summed E-state index contributed by atoms with van der Waals surface area (Å²) in [5, 5.41) is 18.8. The van der Waals surface area contributed by atoms with Crippen molar-refractivity contribution >= 4 is 23.0 Å². The minimum absolute atomic E-state index is 0.168. The number of para-hydroxylation sites is 1. The third-order valence-electron chi connectivity index (χ3n) is 4.28. The van der Waals surface area contributed by atoms with Gasteiger partial charge in [0.15, 0.2) is 0 Å². The van der Waals surface area contributed by atoms with Gasteiger partial charge in [0.1, 0.15) is 5.71 Å². The summed E-state index contributed by atoms with van der Waals surface area (Å²) in [7, 11) is 0. The lowest BCUT2D eigenvalue weighted by atomic mass is 9.92. The Hall–Kier alpha value is -2.95. The molecule has 0 bridgehead atoms. The predicted molar refractivity (Wildman–Crippen MR) is 104 cm³/mol. The van der Waals surface area contributed by atoms with Crippen molar-refractivity contribution in [3.8, 4) is 11.1 Å². The van der Waals surface area contributed by atoms with Crippen LogP contribution in [-0.4, -0.2) is 23.9 Å². The fourth-order valence-corrected chi connectivity index (χ4v) is 2.64. The van der Waals surface area contributed by atoms with Crippen molar-refractivity contribution in [1.29, 1.82) is 10.8 Å². The van der Waals surface area contributed by atoms with Crippen molar-refractivity contribution in [1.82, 2.24) is 5.32 Å². The molecule has 0 aliphatic carbocycles. The second-order valence-electron chi connectivity index (χ2n) is 6.02. The summed E-state index contributed by atoms with van der Waals surface area (Å²) in [4.78, 5) is 12.0. The molecule has 0 spiro atoms. The molecule has 0 radical (unpaired) electrons. The van der Waals surface area contributed by atoms with Gasteiger partial charge >= 0.3 is 0 Å². The molecular weight excluding hydrogens is 312 g/mol. The molecule has 25 heavy (non-hydrogen) atoms. The van der Waals surface area contributed by atoms with Crippen LogP contribution in [0.2, 0.25) is 0 Å². The first-order valence-corrected chi connectivity index (χ1v) is 8.29. The van der Waals surface area contributed by atoms with Crippen LogP contribution in [0.5, 0.6) is 0 Å². The topological polar surface area (TPSA) is 103 Å². The van der Waals surface area contributed by atoms with E-state index in [4.69, 9.17) is 16.6 Å². The first kappa shape index (κ1) is 18.4. The normalized spacial score (nSPS) is 10.4. The Labute approximate surface area is 148 Å². The minimum atomic E-state index is -0.552. The van der Waals surface area contributed by atoms with Crippen molar-refractivity contribution in [3.63, 3.8) is 0 Å². The number of carbonyl (C=O) groups is 1. The third-order valence-corrected chi connectivity index (χ3v) is 4.28. The molecule has 1 amide bonds. The van der Waals surface area contributed by atoms with E-state index >= 15 is 0 Å². The van der Waals surface area contributed by atoms with Crippen LogP contribution in [0.4, 0.5) is 5.69 Å². The molecular formula is C20H24N4O. The maximum Gasteiger partial charge on any atom is 0.271 e. The Balaban J connectivity index is 2.42. The van der Waals surface area contributed by atoms with Gasteiger partial charge in [-0.2, -0.15) is 0 Å². The van der Waals surface area contributed by atoms with Gasteiger partial charge in [0.2, 0.25) is 0 Å². The second kappa shape index (κ2) is 7.75. The highest BCUT2D eigenvalue weighted by molar-refractivity contribution is 6.68. The van der Waals surface area contributed by atoms with Crippen LogP contribution in [0.15, 0.2) is 36.4 Å². The van der Waals surface area contributed by atoms with Gasteiger partial charge in [-0.25, -0.2) is 0 Å². The Bertz CT molecular complexity index is 840. The van der Waals surface area contributed by atoms with Crippen LogP contribution in [0.1, 0.15) is 30.0 Å². The van der Waals surface area contributed by atoms with Crippen LogP contribution >= 0.6 is 0 Å². The highest BCUT2D eigenvalue weighted by Crippen LogP contribution is 2.32. The maximum atomic E-state index is 12.0. The zero-order valence-electron chi connectivity index (χ0n) is 14.9. The predicted octanol–water partition coefficient (Wildman–Crippen LogP) is 3.47. The molecule has 0 aliphatic rings. The van der Waals surface area contributed by atoms with Crippen LogP contribution in [-0.2, 0) is 4.79 Å². The lowest BCUT2D eigenvalue weighted by molar-refractivity contribution is -0.114. The van der Waals surface area contributed by atoms with Crippen molar-refractivity contribution in [2.24, 2.45) is 0 Å². The molecule has 5 N–H and O–H groups in total. The molecule has 5 nitrogen and oxygen atoms in total. The molecule has 0 aromatic heterocycles.